The number of aromatic nitrogens is 1. The van der Waals surface area contributed by atoms with Gasteiger partial charge in [0.25, 0.3) is 0 Å². The van der Waals surface area contributed by atoms with E-state index in [1.54, 1.807) is 0 Å². The van der Waals surface area contributed by atoms with Crippen molar-refractivity contribution in [2.24, 2.45) is 0 Å². The van der Waals surface area contributed by atoms with Crippen molar-refractivity contribution in [3.63, 3.8) is 0 Å². The average Bonchev–Trinajstić information content (AvgIpc) is 2.67. The summed E-state index contributed by atoms with van der Waals surface area (Å²) in [6, 6.07) is 18.8. The van der Waals surface area contributed by atoms with Crippen molar-refractivity contribution in [1.29, 1.82) is 0 Å². The highest BCUT2D eigenvalue weighted by atomic mass is 15.1. The fourth-order valence-electron chi connectivity index (χ4n) is 3.19. The zero-order chi connectivity index (χ0) is 16.2. The van der Waals surface area contributed by atoms with E-state index in [4.69, 9.17) is 0 Å². The highest BCUT2D eigenvalue weighted by Crippen LogP contribution is 2.20. The van der Waals surface area contributed by atoms with Crippen molar-refractivity contribution in [1.82, 2.24) is 4.98 Å². The molecule has 1 fully saturated rings. The number of piperidine rings is 1. The SMILES string of the molecule is C(#Cc1cnc2ccccc2c1)c1ccc(N2CCCCC2)cc1. The van der Waals surface area contributed by atoms with Gasteiger partial charge in [-0.1, -0.05) is 30.0 Å². The Balaban J connectivity index is 1.53. The molecule has 0 bridgehead atoms. The molecule has 0 N–H and O–H groups in total. The number of pyridine rings is 1. The second-order valence-corrected chi connectivity index (χ2v) is 6.26. The fraction of sp³-hybridized carbons (Fsp3) is 0.227. The summed E-state index contributed by atoms with van der Waals surface area (Å²) < 4.78 is 0. The Hall–Kier alpha value is -2.79. The lowest BCUT2D eigenvalue weighted by Crippen LogP contribution is -2.29. The van der Waals surface area contributed by atoms with E-state index in [9.17, 15) is 0 Å². The van der Waals surface area contributed by atoms with Gasteiger partial charge in [-0.05, 0) is 55.7 Å². The molecule has 0 spiro atoms. The maximum absolute atomic E-state index is 4.46. The van der Waals surface area contributed by atoms with Gasteiger partial charge in [0.15, 0.2) is 0 Å². The van der Waals surface area contributed by atoms with Crippen molar-refractivity contribution < 1.29 is 0 Å². The van der Waals surface area contributed by atoms with E-state index in [2.05, 4.69) is 58.1 Å². The minimum atomic E-state index is 0.953. The number of anilines is 1. The van der Waals surface area contributed by atoms with E-state index < -0.39 is 0 Å². The molecule has 24 heavy (non-hydrogen) atoms. The molecule has 0 unspecified atom stereocenters. The third-order valence-corrected chi connectivity index (χ3v) is 4.53. The molecule has 2 heterocycles. The standard InChI is InChI=1S/C22H20N2/c1-4-14-24(15-5-1)21-12-10-18(11-13-21)8-9-19-16-20-6-2-3-7-22(20)23-17-19/h2-3,6-7,10-13,16-17H,1,4-5,14-15H2. The van der Waals surface area contributed by atoms with E-state index in [-0.39, 0.29) is 0 Å². The van der Waals surface area contributed by atoms with Gasteiger partial charge in [0.2, 0.25) is 0 Å². The van der Waals surface area contributed by atoms with Crippen molar-refractivity contribution in [3.05, 3.63) is 71.9 Å². The molecule has 1 aliphatic heterocycles. The summed E-state index contributed by atoms with van der Waals surface area (Å²) in [6.07, 6.45) is 5.81. The molecule has 2 aromatic carbocycles. The highest BCUT2D eigenvalue weighted by Gasteiger charge is 2.10. The first-order chi connectivity index (χ1) is 11.9. The second-order valence-electron chi connectivity index (χ2n) is 6.26. The van der Waals surface area contributed by atoms with Crippen LogP contribution < -0.4 is 4.90 Å². The van der Waals surface area contributed by atoms with E-state index >= 15 is 0 Å². The normalized spacial score (nSPS) is 14.2. The first kappa shape index (κ1) is 14.8. The summed E-state index contributed by atoms with van der Waals surface area (Å²) in [5.41, 5.74) is 4.32. The molecule has 0 atom stereocenters. The van der Waals surface area contributed by atoms with Crippen LogP contribution >= 0.6 is 0 Å². The molecule has 0 saturated carbocycles. The molecule has 0 radical (unpaired) electrons. The Labute approximate surface area is 143 Å². The Morgan fingerprint density at radius 2 is 1.54 bits per heavy atom. The highest BCUT2D eigenvalue weighted by molar-refractivity contribution is 5.79. The monoisotopic (exact) mass is 312 g/mol. The first-order valence-corrected chi connectivity index (χ1v) is 8.60. The molecule has 1 saturated heterocycles. The van der Waals surface area contributed by atoms with Gasteiger partial charge >= 0.3 is 0 Å². The lowest BCUT2D eigenvalue weighted by molar-refractivity contribution is 0.578. The number of para-hydroxylation sites is 1. The van der Waals surface area contributed by atoms with E-state index in [1.165, 1.54) is 38.0 Å². The maximum atomic E-state index is 4.46. The Bertz CT molecular complexity index is 894. The third kappa shape index (κ3) is 3.26. The Kier molecular flexibility index (Phi) is 4.16. The summed E-state index contributed by atoms with van der Waals surface area (Å²) in [7, 11) is 0. The molecule has 1 aromatic heterocycles. The van der Waals surface area contributed by atoms with Gasteiger partial charge in [0, 0.05) is 41.5 Å². The molecule has 4 rings (SSSR count). The summed E-state index contributed by atoms with van der Waals surface area (Å²) in [4.78, 5) is 6.93. The van der Waals surface area contributed by atoms with Gasteiger partial charge in [-0.25, -0.2) is 0 Å². The summed E-state index contributed by atoms with van der Waals surface area (Å²) in [5.74, 6) is 6.47. The molecule has 1 aliphatic rings. The van der Waals surface area contributed by atoms with Crippen LogP contribution in [0.2, 0.25) is 0 Å². The number of hydrogen-bond donors (Lipinski definition) is 0. The molecule has 0 aliphatic carbocycles. The number of rotatable bonds is 1. The molecular weight excluding hydrogens is 292 g/mol. The minimum Gasteiger partial charge on any atom is -0.372 e. The van der Waals surface area contributed by atoms with Crippen LogP contribution in [0.3, 0.4) is 0 Å². The van der Waals surface area contributed by atoms with Crippen LogP contribution in [-0.2, 0) is 0 Å². The smallest absolute Gasteiger partial charge is 0.0702 e. The van der Waals surface area contributed by atoms with E-state index in [1.807, 2.05) is 24.4 Å². The van der Waals surface area contributed by atoms with Crippen LogP contribution in [0.15, 0.2) is 60.8 Å². The van der Waals surface area contributed by atoms with Crippen LogP contribution in [0, 0.1) is 11.8 Å². The van der Waals surface area contributed by atoms with Crippen LogP contribution in [0.25, 0.3) is 10.9 Å². The first-order valence-electron chi connectivity index (χ1n) is 8.60. The van der Waals surface area contributed by atoms with Gasteiger partial charge in [0.05, 0.1) is 5.52 Å². The van der Waals surface area contributed by atoms with Crippen LogP contribution in [-0.4, -0.2) is 18.1 Å². The maximum Gasteiger partial charge on any atom is 0.0702 e. The minimum absolute atomic E-state index is 0.953. The predicted octanol–water partition coefficient (Wildman–Crippen LogP) is 4.62. The molecular formula is C22H20N2. The quantitative estimate of drug-likeness (QED) is 0.609. The topological polar surface area (TPSA) is 16.1 Å². The number of hydrogen-bond acceptors (Lipinski definition) is 2. The van der Waals surface area contributed by atoms with Crippen molar-refractivity contribution >= 4 is 16.6 Å². The Morgan fingerprint density at radius 3 is 2.38 bits per heavy atom. The number of nitrogens with zero attached hydrogens (tertiary/aromatic N) is 2. The largest absolute Gasteiger partial charge is 0.372 e. The van der Waals surface area contributed by atoms with Gasteiger partial charge < -0.3 is 4.90 Å². The van der Waals surface area contributed by atoms with E-state index in [0.717, 1.165) is 22.0 Å². The van der Waals surface area contributed by atoms with Gasteiger partial charge in [0.1, 0.15) is 0 Å². The zero-order valence-corrected chi connectivity index (χ0v) is 13.7. The van der Waals surface area contributed by atoms with Crippen molar-refractivity contribution in [2.45, 2.75) is 19.3 Å². The molecule has 3 aromatic rings. The molecule has 2 nitrogen and oxygen atoms in total. The average molecular weight is 312 g/mol. The van der Waals surface area contributed by atoms with Crippen LogP contribution in [0.1, 0.15) is 30.4 Å². The lowest BCUT2D eigenvalue weighted by atomic mass is 10.1. The van der Waals surface area contributed by atoms with Crippen molar-refractivity contribution in [3.8, 4) is 11.8 Å². The molecule has 0 amide bonds. The summed E-state index contributed by atoms with van der Waals surface area (Å²) in [5, 5.41) is 1.13. The second kappa shape index (κ2) is 6.76. The summed E-state index contributed by atoms with van der Waals surface area (Å²) in [6.45, 7) is 2.35. The van der Waals surface area contributed by atoms with Crippen LogP contribution in [0.5, 0.6) is 0 Å². The lowest BCUT2D eigenvalue weighted by Gasteiger charge is -2.28. The molecule has 118 valence electrons. The number of fused-ring (bicyclic) bond motifs is 1. The fourth-order valence-corrected chi connectivity index (χ4v) is 3.19. The number of benzene rings is 2. The van der Waals surface area contributed by atoms with E-state index in [0.29, 0.717) is 0 Å². The van der Waals surface area contributed by atoms with Gasteiger partial charge in [-0.2, -0.15) is 0 Å². The van der Waals surface area contributed by atoms with Crippen LogP contribution in [0.4, 0.5) is 5.69 Å². The van der Waals surface area contributed by atoms with Gasteiger partial charge in [-0.3, -0.25) is 4.98 Å². The van der Waals surface area contributed by atoms with Gasteiger partial charge in [-0.15, -0.1) is 0 Å². The zero-order valence-electron chi connectivity index (χ0n) is 13.7. The Morgan fingerprint density at radius 1 is 0.792 bits per heavy atom. The molecule has 2 heteroatoms. The third-order valence-electron chi connectivity index (χ3n) is 4.53. The van der Waals surface area contributed by atoms with Crippen molar-refractivity contribution in [2.75, 3.05) is 18.0 Å². The predicted molar refractivity (Wildman–Crippen MR) is 100 cm³/mol. The summed E-state index contributed by atoms with van der Waals surface area (Å²) >= 11 is 0.